The number of hydrogen-bond donors (Lipinski definition) is 3. The van der Waals surface area contributed by atoms with Gasteiger partial charge >= 0.3 is 12.1 Å². The number of carboxylic acids is 1. The number of unbranched alkanes of at least 4 members (excludes halogenated alkanes) is 1. The van der Waals surface area contributed by atoms with Crippen molar-refractivity contribution in [3.05, 3.63) is 77.9 Å². The van der Waals surface area contributed by atoms with Crippen molar-refractivity contribution in [1.29, 1.82) is 0 Å². The molecule has 0 heterocycles. The molecule has 1 amide bonds. The Morgan fingerprint density at radius 1 is 1.00 bits per heavy atom. The number of carboxylic acid groups (broad SMARTS) is 1. The Bertz CT molecular complexity index is 1260. The summed E-state index contributed by atoms with van der Waals surface area (Å²) in [4.78, 5) is 22.8. The first-order valence-corrected chi connectivity index (χ1v) is 13.0. The number of anilines is 1. The predicted molar refractivity (Wildman–Crippen MR) is 147 cm³/mol. The van der Waals surface area contributed by atoms with E-state index in [0.717, 1.165) is 37.1 Å². The Labute approximate surface area is 231 Å². The summed E-state index contributed by atoms with van der Waals surface area (Å²) in [5, 5.41) is 14.7. The van der Waals surface area contributed by atoms with E-state index in [1.54, 1.807) is 42.5 Å². The molecule has 1 atom stereocenters. The molecule has 0 radical (unpaired) electrons. The number of amides is 1. The van der Waals surface area contributed by atoms with Crippen molar-refractivity contribution in [3.8, 4) is 22.6 Å². The number of methoxy groups -OCH3 is 1. The number of halogens is 3. The first-order valence-electron chi connectivity index (χ1n) is 13.0. The number of alkyl halides is 3. The molecule has 3 N–H and O–H groups in total. The third-order valence-corrected chi connectivity index (χ3v) is 6.20. The topological polar surface area (TPSA) is 96.9 Å². The average Bonchev–Trinajstić information content (AvgIpc) is 2.94. The quantitative estimate of drug-likeness (QED) is 0.205. The van der Waals surface area contributed by atoms with Crippen LogP contribution in [0.1, 0.15) is 48.5 Å². The summed E-state index contributed by atoms with van der Waals surface area (Å²) in [5.41, 5.74) is 1.77. The molecule has 7 nitrogen and oxygen atoms in total. The highest BCUT2D eigenvalue weighted by Crippen LogP contribution is 2.36. The van der Waals surface area contributed by atoms with Gasteiger partial charge in [0.05, 0.1) is 25.1 Å². The monoisotopic (exact) mass is 558 g/mol. The van der Waals surface area contributed by atoms with Gasteiger partial charge in [0, 0.05) is 29.4 Å². The van der Waals surface area contributed by atoms with Crippen LogP contribution in [0, 0.1) is 0 Å². The van der Waals surface area contributed by atoms with Crippen LogP contribution in [0.2, 0.25) is 0 Å². The number of carbonyl (C=O) groups excluding carboxylic acids is 1. The second-order valence-corrected chi connectivity index (χ2v) is 9.21. The van der Waals surface area contributed by atoms with E-state index >= 15 is 0 Å². The summed E-state index contributed by atoms with van der Waals surface area (Å²) in [5.74, 6) is -0.280. The molecule has 3 aromatic carbocycles. The van der Waals surface area contributed by atoms with Crippen LogP contribution in [-0.2, 0) is 11.0 Å². The molecule has 0 aliphatic rings. The number of rotatable bonds is 14. The zero-order chi connectivity index (χ0) is 29.1. The lowest BCUT2D eigenvalue weighted by Crippen LogP contribution is -2.27. The van der Waals surface area contributed by atoms with E-state index in [9.17, 15) is 22.8 Å². The molecule has 0 aliphatic carbocycles. The maximum absolute atomic E-state index is 12.9. The SMILES string of the molecule is CCCC[C@@H](COc1ccc(-c2ccc(C(F)(F)F)cc2)c(OC)c1)Nc1ccc(C(=O)NCCC(=O)O)cc1. The van der Waals surface area contributed by atoms with Crippen LogP contribution in [-0.4, -0.2) is 43.3 Å². The Hall–Kier alpha value is -4.21. The maximum atomic E-state index is 12.9. The fourth-order valence-electron chi connectivity index (χ4n) is 4.02. The average molecular weight is 559 g/mol. The van der Waals surface area contributed by atoms with Crippen molar-refractivity contribution in [3.63, 3.8) is 0 Å². The van der Waals surface area contributed by atoms with E-state index in [4.69, 9.17) is 14.6 Å². The minimum Gasteiger partial charge on any atom is -0.496 e. The van der Waals surface area contributed by atoms with Gasteiger partial charge in [0.1, 0.15) is 18.1 Å². The van der Waals surface area contributed by atoms with Crippen molar-refractivity contribution >= 4 is 17.6 Å². The molecule has 0 aliphatic heterocycles. The fourth-order valence-corrected chi connectivity index (χ4v) is 4.02. The van der Waals surface area contributed by atoms with Gasteiger partial charge in [-0.3, -0.25) is 9.59 Å². The number of benzene rings is 3. The zero-order valence-corrected chi connectivity index (χ0v) is 22.4. The second kappa shape index (κ2) is 14.3. The first kappa shape index (κ1) is 30.3. The van der Waals surface area contributed by atoms with Gasteiger partial charge in [-0.1, -0.05) is 31.9 Å². The smallest absolute Gasteiger partial charge is 0.416 e. The normalized spacial score (nSPS) is 11.9. The van der Waals surface area contributed by atoms with Crippen molar-refractivity contribution in [2.24, 2.45) is 0 Å². The van der Waals surface area contributed by atoms with Crippen LogP contribution in [0.25, 0.3) is 11.1 Å². The number of carbonyl (C=O) groups is 2. The third-order valence-electron chi connectivity index (χ3n) is 6.20. The maximum Gasteiger partial charge on any atom is 0.416 e. The molecule has 40 heavy (non-hydrogen) atoms. The highest BCUT2D eigenvalue weighted by atomic mass is 19.4. The molecule has 0 bridgehead atoms. The van der Waals surface area contributed by atoms with Crippen LogP contribution in [0.3, 0.4) is 0 Å². The second-order valence-electron chi connectivity index (χ2n) is 9.21. The Morgan fingerprint density at radius 3 is 2.30 bits per heavy atom. The number of ether oxygens (including phenoxy) is 2. The minimum absolute atomic E-state index is 0.0317. The molecule has 0 aromatic heterocycles. The van der Waals surface area contributed by atoms with Gasteiger partial charge in [-0.2, -0.15) is 13.2 Å². The molecule has 10 heteroatoms. The van der Waals surface area contributed by atoms with Crippen LogP contribution in [0.15, 0.2) is 66.7 Å². The van der Waals surface area contributed by atoms with Gasteiger partial charge in [-0.05, 0) is 60.5 Å². The molecule has 0 unspecified atom stereocenters. The van der Waals surface area contributed by atoms with E-state index in [1.807, 2.05) is 0 Å². The van der Waals surface area contributed by atoms with Gasteiger partial charge in [0.2, 0.25) is 0 Å². The molecular formula is C30H33F3N2O5. The fraction of sp³-hybridized carbons (Fsp3) is 0.333. The lowest BCUT2D eigenvalue weighted by atomic mass is 10.0. The summed E-state index contributed by atoms with van der Waals surface area (Å²) < 4.78 is 50.3. The van der Waals surface area contributed by atoms with E-state index in [-0.39, 0.29) is 24.9 Å². The Balaban J connectivity index is 1.64. The van der Waals surface area contributed by atoms with E-state index < -0.39 is 17.7 Å². The van der Waals surface area contributed by atoms with Gasteiger partial charge in [0.25, 0.3) is 5.91 Å². The summed E-state index contributed by atoms with van der Waals surface area (Å²) in [6, 6.07) is 17.0. The largest absolute Gasteiger partial charge is 0.496 e. The van der Waals surface area contributed by atoms with Gasteiger partial charge in [-0.25, -0.2) is 0 Å². The molecule has 3 rings (SSSR count). The molecule has 3 aromatic rings. The van der Waals surface area contributed by atoms with Crippen LogP contribution in [0.5, 0.6) is 11.5 Å². The predicted octanol–water partition coefficient (Wildman–Crippen LogP) is 6.64. The molecule has 0 saturated carbocycles. The summed E-state index contributed by atoms with van der Waals surface area (Å²) in [7, 11) is 1.49. The van der Waals surface area contributed by atoms with Crippen LogP contribution >= 0.6 is 0 Å². The van der Waals surface area contributed by atoms with E-state index in [2.05, 4.69) is 17.6 Å². The summed E-state index contributed by atoms with van der Waals surface area (Å²) >= 11 is 0. The van der Waals surface area contributed by atoms with Crippen molar-refractivity contribution in [2.75, 3.05) is 25.6 Å². The minimum atomic E-state index is -4.40. The van der Waals surface area contributed by atoms with Crippen LogP contribution < -0.4 is 20.1 Å². The molecular weight excluding hydrogens is 525 g/mol. The number of hydrogen-bond acceptors (Lipinski definition) is 5. The number of nitrogens with one attached hydrogen (secondary N) is 2. The van der Waals surface area contributed by atoms with Crippen molar-refractivity contribution < 1.29 is 37.3 Å². The highest BCUT2D eigenvalue weighted by molar-refractivity contribution is 5.94. The third kappa shape index (κ3) is 8.93. The highest BCUT2D eigenvalue weighted by Gasteiger charge is 2.30. The number of aliphatic carboxylic acids is 1. The summed E-state index contributed by atoms with van der Waals surface area (Å²) in [6.45, 7) is 2.50. The van der Waals surface area contributed by atoms with Crippen molar-refractivity contribution in [2.45, 2.75) is 44.8 Å². The first-order chi connectivity index (χ1) is 19.1. The van der Waals surface area contributed by atoms with E-state index in [0.29, 0.717) is 34.8 Å². The molecule has 0 spiro atoms. The Kier molecular flexibility index (Phi) is 10.8. The van der Waals surface area contributed by atoms with Gasteiger partial charge < -0.3 is 25.2 Å². The zero-order valence-electron chi connectivity index (χ0n) is 22.4. The summed E-state index contributed by atoms with van der Waals surface area (Å²) in [6.07, 6.45) is -1.73. The Morgan fingerprint density at radius 2 is 1.70 bits per heavy atom. The van der Waals surface area contributed by atoms with Crippen molar-refractivity contribution in [1.82, 2.24) is 5.32 Å². The lowest BCUT2D eigenvalue weighted by Gasteiger charge is -2.21. The van der Waals surface area contributed by atoms with Crippen LogP contribution in [0.4, 0.5) is 18.9 Å². The lowest BCUT2D eigenvalue weighted by molar-refractivity contribution is -0.138. The van der Waals surface area contributed by atoms with Gasteiger partial charge in [-0.15, -0.1) is 0 Å². The molecule has 214 valence electrons. The van der Waals surface area contributed by atoms with Gasteiger partial charge in [0.15, 0.2) is 0 Å². The molecule has 0 saturated heterocycles. The van der Waals surface area contributed by atoms with E-state index in [1.165, 1.54) is 19.2 Å². The standard InChI is InChI=1S/C30H33F3N2O5/c1-3-4-5-24(35-23-12-8-21(9-13-23)29(38)34-17-16-28(36)37)19-40-25-14-15-26(27(18-25)39-2)20-6-10-22(11-7-20)30(31,32)33/h6-15,18,24,35H,3-5,16-17,19H2,1-2H3,(H,34,38)(H,36,37)/t24-/m0/s1. The molecule has 0 fully saturated rings.